The van der Waals surface area contributed by atoms with Gasteiger partial charge in [-0.05, 0) is 24.5 Å². The second-order valence-corrected chi connectivity index (χ2v) is 3.09. The number of hydrogen-bond donors (Lipinski definition) is 0. The highest BCUT2D eigenvalue weighted by Crippen LogP contribution is 2.17. The SMILES string of the molecule is Cc1ccc([N+](=O)[O-])cc1CCN=C=O. The second kappa shape index (κ2) is 5.02. The zero-order valence-corrected chi connectivity index (χ0v) is 8.27. The standard InChI is InChI=1S/C10H10N2O3/c1-8-2-3-10(12(14)15)6-9(8)4-5-11-7-13/h2-3,6H,4-5H2,1H3. The first-order valence-electron chi connectivity index (χ1n) is 4.42. The molecule has 0 aliphatic heterocycles. The molecule has 1 aromatic carbocycles. The van der Waals surface area contributed by atoms with Crippen LogP contribution in [-0.2, 0) is 11.2 Å². The molecule has 0 bridgehead atoms. The predicted octanol–water partition coefficient (Wildman–Crippen LogP) is 1.78. The molecule has 0 aliphatic rings. The van der Waals surface area contributed by atoms with Gasteiger partial charge in [0.1, 0.15) is 0 Å². The smallest absolute Gasteiger partial charge is 0.258 e. The summed E-state index contributed by atoms with van der Waals surface area (Å²) in [7, 11) is 0. The van der Waals surface area contributed by atoms with Crippen molar-refractivity contribution in [2.24, 2.45) is 4.99 Å². The quantitative estimate of drug-likeness (QED) is 0.326. The topological polar surface area (TPSA) is 72.6 Å². The molecular formula is C10H10N2O3. The van der Waals surface area contributed by atoms with Crippen LogP contribution < -0.4 is 0 Å². The molecule has 0 spiro atoms. The summed E-state index contributed by atoms with van der Waals surface area (Å²) in [5, 5.41) is 10.5. The summed E-state index contributed by atoms with van der Waals surface area (Å²) < 4.78 is 0. The zero-order valence-electron chi connectivity index (χ0n) is 8.27. The number of nitro benzene ring substituents is 1. The molecule has 78 valence electrons. The minimum Gasteiger partial charge on any atom is -0.258 e. The van der Waals surface area contributed by atoms with E-state index < -0.39 is 4.92 Å². The Hall–Kier alpha value is -2.00. The fourth-order valence-electron chi connectivity index (χ4n) is 1.26. The van der Waals surface area contributed by atoms with Crippen molar-refractivity contribution < 1.29 is 9.72 Å². The van der Waals surface area contributed by atoms with E-state index in [1.807, 2.05) is 6.92 Å². The largest absolute Gasteiger partial charge is 0.269 e. The van der Waals surface area contributed by atoms with Crippen molar-refractivity contribution in [1.29, 1.82) is 0 Å². The Morgan fingerprint density at radius 1 is 1.53 bits per heavy atom. The molecule has 0 aliphatic carbocycles. The molecule has 0 radical (unpaired) electrons. The number of aliphatic imine (C=N–C) groups is 1. The van der Waals surface area contributed by atoms with Gasteiger partial charge in [0.25, 0.3) is 5.69 Å². The number of nitrogens with zero attached hydrogens (tertiary/aromatic N) is 2. The lowest BCUT2D eigenvalue weighted by Crippen LogP contribution is -1.96. The van der Waals surface area contributed by atoms with Crippen molar-refractivity contribution in [3.05, 3.63) is 39.4 Å². The molecule has 15 heavy (non-hydrogen) atoms. The number of carbonyl (C=O) groups excluding carboxylic acids is 1. The molecule has 0 heterocycles. The summed E-state index contributed by atoms with van der Waals surface area (Å²) in [5.74, 6) is 0. The maximum atomic E-state index is 10.5. The van der Waals surface area contributed by atoms with Gasteiger partial charge in [-0.25, -0.2) is 9.79 Å². The van der Waals surface area contributed by atoms with Crippen LogP contribution in [0.2, 0.25) is 0 Å². The number of non-ortho nitro benzene ring substituents is 1. The van der Waals surface area contributed by atoms with E-state index in [1.165, 1.54) is 18.2 Å². The van der Waals surface area contributed by atoms with E-state index in [2.05, 4.69) is 4.99 Å². The Balaban J connectivity index is 2.89. The normalized spacial score (nSPS) is 9.40. The van der Waals surface area contributed by atoms with Crippen molar-refractivity contribution in [3.63, 3.8) is 0 Å². The molecule has 5 nitrogen and oxygen atoms in total. The van der Waals surface area contributed by atoms with E-state index in [-0.39, 0.29) is 5.69 Å². The Morgan fingerprint density at radius 2 is 2.27 bits per heavy atom. The van der Waals surface area contributed by atoms with Gasteiger partial charge in [-0.1, -0.05) is 6.07 Å². The number of benzene rings is 1. The minimum absolute atomic E-state index is 0.0608. The molecule has 0 saturated heterocycles. The molecule has 1 aromatic rings. The lowest BCUT2D eigenvalue weighted by Gasteiger charge is -2.02. The van der Waals surface area contributed by atoms with Crippen LogP contribution in [0, 0.1) is 17.0 Å². The minimum atomic E-state index is -0.439. The van der Waals surface area contributed by atoms with E-state index in [0.717, 1.165) is 11.1 Å². The number of rotatable bonds is 4. The average Bonchev–Trinajstić information content (AvgIpc) is 2.20. The number of nitro groups is 1. The molecule has 0 saturated carbocycles. The molecule has 0 atom stereocenters. The van der Waals surface area contributed by atoms with Gasteiger partial charge in [-0.2, -0.15) is 0 Å². The van der Waals surface area contributed by atoms with Crippen LogP contribution in [0.4, 0.5) is 5.69 Å². The van der Waals surface area contributed by atoms with Crippen LogP contribution in [0.3, 0.4) is 0 Å². The molecular weight excluding hydrogens is 196 g/mol. The third kappa shape index (κ3) is 3.00. The van der Waals surface area contributed by atoms with E-state index in [9.17, 15) is 14.9 Å². The summed E-state index contributed by atoms with van der Waals surface area (Å²) in [4.78, 5) is 23.3. The molecule has 0 fully saturated rings. The Labute approximate surface area is 86.6 Å². The molecule has 0 aromatic heterocycles. The van der Waals surface area contributed by atoms with Crippen LogP contribution in [0.5, 0.6) is 0 Å². The highest BCUT2D eigenvalue weighted by molar-refractivity contribution is 5.40. The first kappa shape index (κ1) is 11.1. The van der Waals surface area contributed by atoms with Crippen molar-refractivity contribution >= 4 is 11.8 Å². The van der Waals surface area contributed by atoms with Gasteiger partial charge in [0.15, 0.2) is 0 Å². The lowest BCUT2D eigenvalue weighted by molar-refractivity contribution is -0.384. The highest BCUT2D eigenvalue weighted by Gasteiger charge is 2.07. The zero-order chi connectivity index (χ0) is 11.3. The number of hydrogen-bond acceptors (Lipinski definition) is 4. The monoisotopic (exact) mass is 206 g/mol. The van der Waals surface area contributed by atoms with E-state index in [1.54, 1.807) is 6.07 Å². The Morgan fingerprint density at radius 3 is 2.87 bits per heavy atom. The fourth-order valence-corrected chi connectivity index (χ4v) is 1.26. The maximum absolute atomic E-state index is 10.5. The maximum Gasteiger partial charge on any atom is 0.269 e. The van der Waals surface area contributed by atoms with Crippen LogP contribution in [0.1, 0.15) is 11.1 Å². The van der Waals surface area contributed by atoms with Crippen LogP contribution in [0.25, 0.3) is 0 Å². The van der Waals surface area contributed by atoms with Crippen molar-refractivity contribution in [3.8, 4) is 0 Å². The van der Waals surface area contributed by atoms with Crippen LogP contribution in [-0.4, -0.2) is 17.5 Å². The van der Waals surface area contributed by atoms with Gasteiger partial charge < -0.3 is 0 Å². The molecule has 0 N–H and O–H groups in total. The van der Waals surface area contributed by atoms with Crippen molar-refractivity contribution in [2.75, 3.05) is 6.54 Å². The second-order valence-electron chi connectivity index (χ2n) is 3.09. The van der Waals surface area contributed by atoms with Crippen molar-refractivity contribution in [2.45, 2.75) is 13.3 Å². The van der Waals surface area contributed by atoms with E-state index in [4.69, 9.17) is 0 Å². The fraction of sp³-hybridized carbons (Fsp3) is 0.300. The first-order valence-corrected chi connectivity index (χ1v) is 4.42. The van der Waals surface area contributed by atoms with Gasteiger partial charge >= 0.3 is 0 Å². The molecule has 5 heteroatoms. The predicted molar refractivity (Wildman–Crippen MR) is 54.5 cm³/mol. The Bertz CT molecular complexity index is 423. The molecule has 0 unspecified atom stereocenters. The Kier molecular flexibility index (Phi) is 3.71. The number of aryl methyl sites for hydroxylation is 1. The summed E-state index contributed by atoms with van der Waals surface area (Å²) in [5.41, 5.74) is 1.86. The van der Waals surface area contributed by atoms with Gasteiger partial charge in [-0.15, -0.1) is 0 Å². The third-order valence-corrected chi connectivity index (χ3v) is 2.10. The van der Waals surface area contributed by atoms with Gasteiger partial charge in [-0.3, -0.25) is 10.1 Å². The lowest BCUT2D eigenvalue weighted by atomic mass is 10.1. The summed E-state index contributed by atoms with van der Waals surface area (Å²) in [6.45, 7) is 2.18. The third-order valence-electron chi connectivity index (χ3n) is 2.10. The highest BCUT2D eigenvalue weighted by atomic mass is 16.6. The van der Waals surface area contributed by atoms with E-state index in [0.29, 0.717) is 13.0 Å². The summed E-state index contributed by atoms with van der Waals surface area (Å²) in [6.07, 6.45) is 1.95. The van der Waals surface area contributed by atoms with E-state index >= 15 is 0 Å². The van der Waals surface area contributed by atoms with Gasteiger partial charge in [0, 0.05) is 12.1 Å². The van der Waals surface area contributed by atoms with Crippen LogP contribution >= 0.6 is 0 Å². The first-order chi connectivity index (χ1) is 7.15. The summed E-state index contributed by atoms with van der Waals surface area (Å²) in [6, 6.07) is 4.66. The van der Waals surface area contributed by atoms with Gasteiger partial charge in [0.2, 0.25) is 6.08 Å². The average molecular weight is 206 g/mol. The number of isocyanates is 1. The van der Waals surface area contributed by atoms with Crippen molar-refractivity contribution in [1.82, 2.24) is 0 Å². The van der Waals surface area contributed by atoms with Gasteiger partial charge in [0.05, 0.1) is 11.5 Å². The molecule has 0 amide bonds. The summed E-state index contributed by atoms with van der Waals surface area (Å²) >= 11 is 0. The molecule has 1 rings (SSSR count). The van der Waals surface area contributed by atoms with Crippen LogP contribution in [0.15, 0.2) is 23.2 Å².